The van der Waals surface area contributed by atoms with Gasteiger partial charge in [-0.1, -0.05) is 30.3 Å². The Morgan fingerprint density at radius 1 is 1.11 bits per heavy atom. The Bertz CT molecular complexity index is 1370. The number of rotatable bonds is 7. The molecule has 1 unspecified atom stereocenters. The normalized spacial score (nSPS) is 22.4. The summed E-state index contributed by atoms with van der Waals surface area (Å²) in [5, 5.41) is 20.5. The molecule has 1 aliphatic rings. The molecule has 1 aromatic carbocycles. The van der Waals surface area contributed by atoms with Crippen LogP contribution < -0.4 is 11.2 Å². The van der Waals surface area contributed by atoms with E-state index in [-0.39, 0.29) is 17.8 Å². The van der Waals surface area contributed by atoms with Crippen molar-refractivity contribution in [1.29, 1.82) is 0 Å². The largest absolute Gasteiger partial charge is 0.469 e. The van der Waals surface area contributed by atoms with Crippen LogP contribution in [0.4, 0.5) is 4.39 Å². The van der Waals surface area contributed by atoms with Gasteiger partial charge >= 0.3 is 13.5 Å². The summed E-state index contributed by atoms with van der Waals surface area (Å²) < 4.78 is 36.6. The number of phosphoric ester groups is 1. The van der Waals surface area contributed by atoms with E-state index in [0.29, 0.717) is 5.56 Å². The monoisotopic (exact) mass is 509 g/mol. The highest BCUT2D eigenvalue weighted by atomic mass is 31.2. The Hall–Kier alpha value is -3.03. The average molecular weight is 509 g/mol. The molecule has 0 amide bonds. The predicted molar refractivity (Wildman–Crippen MR) is 118 cm³/mol. The third kappa shape index (κ3) is 5.46. The van der Waals surface area contributed by atoms with E-state index in [9.17, 15) is 28.8 Å². The van der Waals surface area contributed by atoms with E-state index in [1.165, 1.54) is 6.07 Å². The molecule has 0 radical (unpaired) electrons. The number of ether oxygens (including phenoxy) is 1. The second-order valence-electron chi connectivity index (χ2n) is 7.78. The Morgan fingerprint density at radius 2 is 1.83 bits per heavy atom. The molecule has 0 bridgehead atoms. The summed E-state index contributed by atoms with van der Waals surface area (Å²) in [5.74, 6) is -0.585. The van der Waals surface area contributed by atoms with E-state index < -0.39 is 56.0 Å². The summed E-state index contributed by atoms with van der Waals surface area (Å²) in [6.45, 7) is -1.08. The van der Waals surface area contributed by atoms with Crippen LogP contribution in [0, 0.1) is 5.82 Å². The number of halogens is 1. The molecule has 186 valence electrons. The Balaban J connectivity index is 1.63. The highest BCUT2D eigenvalue weighted by Crippen LogP contribution is 2.38. The van der Waals surface area contributed by atoms with E-state index in [4.69, 9.17) is 14.5 Å². The third-order valence-electron chi connectivity index (χ3n) is 5.43. The second-order valence-corrected chi connectivity index (χ2v) is 9.02. The molecule has 1 saturated heterocycles. The molecule has 4 rings (SSSR count). The first-order valence-corrected chi connectivity index (χ1v) is 11.8. The van der Waals surface area contributed by atoms with Crippen LogP contribution in [0.3, 0.4) is 0 Å². The van der Waals surface area contributed by atoms with Gasteiger partial charge in [-0.15, -0.1) is 0 Å². The molecule has 3 aromatic rings. The van der Waals surface area contributed by atoms with Crippen molar-refractivity contribution in [1.82, 2.24) is 14.1 Å². The van der Waals surface area contributed by atoms with Crippen LogP contribution in [0.5, 0.6) is 0 Å². The van der Waals surface area contributed by atoms with Crippen molar-refractivity contribution >= 4 is 7.82 Å². The molecular formula is C21H21FN3O9P. The predicted octanol–water partition coefficient (Wildman–Crippen LogP) is -0.0121. The molecule has 12 nitrogen and oxygen atoms in total. The van der Waals surface area contributed by atoms with Crippen molar-refractivity contribution in [2.75, 3.05) is 6.61 Å². The van der Waals surface area contributed by atoms with Crippen molar-refractivity contribution < 1.29 is 38.2 Å². The lowest BCUT2D eigenvalue weighted by molar-refractivity contribution is -0.0548. The van der Waals surface area contributed by atoms with Gasteiger partial charge in [-0.05, 0) is 11.6 Å². The van der Waals surface area contributed by atoms with Crippen LogP contribution in [-0.4, -0.2) is 59.0 Å². The van der Waals surface area contributed by atoms with Crippen LogP contribution in [0.15, 0.2) is 64.4 Å². The van der Waals surface area contributed by atoms with E-state index in [1.807, 2.05) is 0 Å². The zero-order valence-electron chi connectivity index (χ0n) is 17.9. The van der Waals surface area contributed by atoms with Gasteiger partial charge < -0.3 is 24.7 Å². The molecule has 4 N–H and O–H groups in total. The Labute approximate surface area is 196 Å². The first-order chi connectivity index (χ1) is 16.5. The number of benzene rings is 1. The van der Waals surface area contributed by atoms with E-state index in [2.05, 4.69) is 9.51 Å². The van der Waals surface area contributed by atoms with Crippen LogP contribution >= 0.6 is 7.82 Å². The molecule has 4 atom stereocenters. The summed E-state index contributed by atoms with van der Waals surface area (Å²) in [6, 6.07) is 11.1. The van der Waals surface area contributed by atoms with Crippen LogP contribution in [0.1, 0.15) is 11.9 Å². The Kier molecular flexibility index (Phi) is 7.10. The van der Waals surface area contributed by atoms with Crippen molar-refractivity contribution in [3.8, 4) is 11.1 Å². The Morgan fingerprint density at radius 3 is 2.51 bits per heavy atom. The lowest BCUT2D eigenvalue weighted by Crippen LogP contribution is -2.43. The summed E-state index contributed by atoms with van der Waals surface area (Å²) in [6.07, 6.45) is -4.10. The number of phosphoric acid groups is 1. The van der Waals surface area contributed by atoms with E-state index in [1.54, 1.807) is 30.3 Å². The zero-order valence-corrected chi connectivity index (χ0v) is 18.8. The first-order valence-electron chi connectivity index (χ1n) is 10.3. The molecule has 0 aliphatic carbocycles. The minimum atomic E-state index is -4.87. The fourth-order valence-corrected chi connectivity index (χ4v) is 4.05. The summed E-state index contributed by atoms with van der Waals surface area (Å²) in [4.78, 5) is 47.2. The number of aliphatic hydroxyl groups is 2. The highest BCUT2D eigenvalue weighted by Gasteiger charge is 2.45. The van der Waals surface area contributed by atoms with Crippen LogP contribution in [0.25, 0.3) is 11.1 Å². The number of hydrogen-bond acceptors (Lipinski definition) is 8. The number of aliphatic hydroxyl groups excluding tert-OH is 2. The molecule has 0 spiro atoms. The van der Waals surface area contributed by atoms with Gasteiger partial charge in [0.1, 0.15) is 24.1 Å². The van der Waals surface area contributed by atoms with E-state index >= 15 is 0 Å². The fraction of sp³-hybridized carbons (Fsp3) is 0.286. The molecular weight excluding hydrogens is 488 g/mol. The standard InChI is InChI=1S/C21H21FN3O9P/c22-15-9-23-13(8-14(15)12-4-2-1-3-5-12)10-25-17(26)6-7-24(21(25)29)20-19(28)18(27)16(34-20)11-33-35(30,31)32/h1-9,16,18-20,27-28H,10-11H2,(H2,30,31,32)/t16-,18+,19?,20-/m1/s1. The molecule has 35 heavy (non-hydrogen) atoms. The van der Waals surface area contributed by atoms with Gasteiger partial charge in [0.15, 0.2) is 6.23 Å². The maximum Gasteiger partial charge on any atom is 0.469 e. The third-order valence-corrected chi connectivity index (χ3v) is 5.92. The molecule has 2 aromatic heterocycles. The minimum Gasteiger partial charge on any atom is -0.387 e. The number of hydrogen-bond donors (Lipinski definition) is 4. The summed E-state index contributed by atoms with van der Waals surface area (Å²) in [7, 11) is -4.87. The van der Waals surface area contributed by atoms with Gasteiger partial charge in [0.25, 0.3) is 5.56 Å². The van der Waals surface area contributed by atoms with Crippen molar-refractivity contribution in [2.24, 2.45) is 0 Å². The maximum atomic E-state index is 14.4. The topological polar surface area (TPSA) is 173 Å². The van der Waals surface area contributed by atoms with Gasteiger partial charge in [0.2, 0.25) is 0 Å². The van der Waals surface area contributed by atoms with Gasteiger partial charge in [-0.25, -0.2) is 13.8 Å². The van der Waals surface area contributed by atoms with Crippen LogP contribution in [0.2, 0.25) is 0 Å². The maximum absolute atomic E-state index is 14.4. The fourth-order valence-electron chi connectivity index (χ4n) is 3.71. The molecule has 0 saturated carbocycles. The highest BCUT2D eigenvalue weighted by molar-refractivity contribution is 7.46. The van der Waals surface area contributed by atoms with Gasteiger partial charge in [-0.3, -0.25) is 23.4 Å². The molecule has 1 fully saturated rings. The second kappa shape index (κ2) is 9.91. The average Bonchev–Trinajstić information content (AvgIpc) is 3.10. The van der Waals surface area contributed by atoms with Crippen LogP contribution in [-0.2, 0) is 20.4 Å². The van der Waals surface area contributed by atoms with Crippen molar-refractivity contribution in [3.63, 3.8) is 0 Å². The van der Waals surface area contributed by atoms with Gasteiger partial charge in [0.05, 0.1) is 25.0 Å². The zero-order chi connectivity index (χ0) is 25.3. The minimum absolute atomic E-state index is 0.211. The lowest BCUT2D eigenvalue weighted by atomic mass is 10.1. The first kappa shape index (κ1) is 25.1. The summed E-state index contributed by atoms with van der Waals surface area (Å²) in [5.41, 5.74) is -0.606. The van der Waals surface area contributed by atoms with Gasteiger partial charge in [0, 0.05) is 17.8 Å². The summed E-state index contributed by atoms with van der Waals surface area (Å²) >= 11 is 0. The molecule has 1 aliphatic heterocycles. The van der Waals surface area contributed by atoms with Gasteiger partial charge in [-0.2, -0.15) is 0 Å². The van der Waals surface area contributed by atoms with Crippen molar-refractivity contribution in [3.05, 3.63) is 87.2 Å². The smallest absolute Gasteiger partial charge is 0.387 e. The molecule has 3 heterocycles. The number of pyridine rings is 1. The quantitative estimate of drug-likeness (QED) is 0.317. The van der Waals surface area contributed by atoms with E-state index in [0.717, 1.165) is 27.6 Å². The number of nitrogens with zero attached hydrogens (tertiary/aromatic N) is 3. The number of aromatic nitrogens is 3. The SMILES string of the molecule is O=c1ccn([C@@H]2O[C@H](COP(=O)(O)O)[C@H](O)C2O)c(=O)n1Cc1cc(-c2ccccc2)c(F)cn1. The van der Waals surface area contributed by atoms with Crippen molar-refractivity contribution in [2.45, 2.75) is 31.1 Å². The lowest BCUT2D eigenvalue weighted by Gasteiger charge is -2.19. The molecule has 14 heteroatoms.